The number of rotatable bonds is 0. The van der Waals surface area contributed by atoms with Crippen molar-refractivity contribution in [3.63, 3.8) is 0 Å². The van der Waals surface area contributed by atoms with Crippen LogP contribution in [0.4, 0.5) is 13.2 Å². The van der Waals surface area contributed by atoms with Gasteiger partial charge in [0.1, 0.15) is 0 Å². The summed E-state index contributed by atoms with van der Waals surface area (Å²) in [5.41, 5.74) is -5.53. The van der Waals surface area contributed by atoms with Gasteiger partial charge in [-0.05, 0) is 0 Å². The average molecular weight is 228 g/mol. The van der Waals surface area contributed by atoms with Crippen LogP contribution in [-0.4, -0.2) is 121 Å². The predicted octanol–water partition coefficient (Wildman–Crippen LogP) is -0.368. The Morgan fingerprint density at radius 2 is 1.20 bits per heavy atom. The van der Waals surface area contributed by atoms with Gasteiger partial charge >= 0.3 is 15.6 Å². The van der Waals surface area contributed by atoms with Gasteiger partial charge in [-0.2, -0.15) is 21.6 Å². The summed E-state index contributed by atoms with van der Waals surface area (Å²) in [4.78, 5) is 0. The van der Waals surface area contributed by atoms with E-state index in [4.69, 9.17) is 13.0 Å². The molecule has 0 atom stereocenters. The molecule has 9 heteroatoms. The molecule has 0 aliphatic carbocycles. The Hall–Kier alpha value is 2.97. The zero-order chi connectivity index (χ0) is 7.00. The number of halogens is 3. The molecule has 0 heterocycles. The molecule has 0 aromatic carbocycles. The third-order valence-corrected chi connectivity index (χ3v) is 0.877. The first-order valence-electron chi connectivity index (χ1n) is 1.29. The van der Waals surface area contributed by atoms with Crippen LogP contribution in [0.25, 0.3) is 0 Å². The fraction of sp³-hybridized carbons (Fsp3) is 1.00. The van der Waals surface area contributed by atoms with Crippen molar-refractivity contribution in [3.8, 4) is 0 Å². The molecule has 0 unspecified atom stereocenters. The minimum Gasteiger partial charge on any atom is -0.279 e. The van der Waals surface area contributed by atoms with Crippen LogP contribution in [0.2, 0.25) is 0 Å². The molecule has 0 aliphatic rings. The van der Waals surface area contributed by atoms with Gasteiger partial charge < -0.3 is 0 Å². The summed E-state index contributed by atoms with van der Waals surface area (Å²) in [6, 6.07) is 0. The normalized spacial score (nSPS) is 11.2. The first-order valence-corrected chi connectivity index (χ1v) is 2.73. The predicted molar refractivity (Wildman–Crippen MR) is 29.1 cm³/mol. The monoisotopic (exact) mass is 228 g/mol. The van der Waals surface area contributed by atoms with E-state index < -0.39 is 15.6 Å². The molecule has 1 N–H and O–H groups in total. The third kappa shape index (κ3) is 7.61. The summed E-state index contributed by atoms with van der Waals surface area (Å²) in [6.45, 7) is 0. The van der Waals surface area contributed by atoms with Crippen LogP contribution in [0.15, 0.2) is 0 Å². The van der Waals surface area contributed by atoms with Crippen molar-refractivity contribution in [2.75, 3.05) is 0 Å². The molecule has 0 spiro atoms. The van der Waals surface area contributed by atoms with Crippen LogP contribution in [0, 0.1) is 0 Å². The van der Waals surface area contributed by atoms with Gasteiger partial charge in [0, 0.05) is 103 Å². The molecule has 0 aromatic rings. The Labute approximate surface area is 141 Å². The SMILES string of the molecule is O=S(=O)(O)C(F)(F)F.[K].[K]. The molecule has 0 saturated heterocycles. The number of hydrogen-bond donors (Lipinski definition) is 1. The second-order valence-corrected chi connectivity index (χ2v) is 2.33. The maximum absolute atomic E-state index is 10.7. The Bertz CT molecular complexity index is 171. The molecule has 0 aromatic heterocycles. The molecule has 52 valence electrons. The minimum atomic E-state index is -5.84. The molecule has 10 heavy (non-hydrogen) atoms. The fourth-order valence-corrected chi connectivity index (χ4v) is 0. The molecular formula is CHF3K2O3S. The molecule has 0 aliphatic heterocycles. The van der Waals surface area contributed by atoms with Gasteiger partial charge in [0.2, 0.25) is 0 Å². The Kier molecular flexibility index (Phi) is 12.0. The molecule has 0 fully saturated rings. The van der Waals surface area contributed by atoms with E-state index in [9.17, 15) is 13.2 Å². The first-order chi connectivity index (χ1) is 3.25. The van der Waals surface area contributed by atoms with Gasteiger partial charge in [-0.1, -0.05) is 0 Å². The smallest absolute Gasteiger partial charge is 0.279 e. The summed E-state index contributed by atoms with van der Waals surface area (Å²) in [5.74, 6) is 0. The molecule has 0 amide bonds. The van der Waals surface area contributed by atoms with Gasteiger partial charge in [-0.15, -0.1) is 0 Å². The minimum absolute atomic E-state index is 0. The summed E-state index contributed by atoms with van der Waals surface area (Å²) < 4.78 is 57.5. The Morgan fingerprint density at radius 3 is 1.20 bits per heavy atom. The molecule has 3 nitrogen and oxygen atoms in total. The second kappa shape index (κ2) is 6.43. The zero-order valence-electron chi connectivity index (χ0n) is 5.31. The van der Waals surface area contributed by atoms with E-state index in [0.29, 0.717) is 0 Å². The maximum atomic E-state index is 10.7. The van der Waals surface area contributed by atoms with Gasteiger partial charge in [-0.25, -0.2) is 0 Å². The molecule has 2 radical (unpaired) electrons. The first kappa shape index (κ1) is 18.7. The van der Waals surface area contributed by atoms with E-state index in [1.54, 1.807) is 0 Å². The van der Waals surface area contributed by atoms with Gasteiger partial charge in [0.25, 0.3) is 0 Å². The van der Waals surface area contributed by atoms with E-state index in [1.807, 2.05) is 0 Å². The fourth-order valence-electron chi connectivity index (χ4n) is 0. The largest absolute Gasteiger partial charge is 0.522 e. The van der Waals surface area contributed by atoms with Crippen LogP contribution >= 0.6 is 0 Å². The van der Waals surface area contributed by atoms with Crippen molar-refractivity contribution >= 4 is 113 Å². The van der Waals surface area contributed by atoms with E-state index in [0.717, 1.165) is 0 Å². The van der Waals surface area contributed by atoms with Crippen molar-refractivity contribution in [1.29, 1.82) is 0 Å². The zero-order valence-corrected chi connectivity index (χ0v) is 12.4. The van der Waals surface area contributed by atoms with E-state index in [2.05, 4.69) is 0 Å². The van der Waals surface area contributed by atoms with E-state index in [-0.39, 0.29) is 103 Å². The maximum Gasteiger partial charge on any atom is 0.522 e. The Balaban J connectivity index is -0.000000245. The van der Waals surface area contributed by atoms with Crippen LogP contribution < -0.4 is 0 Å². The molecule has 0 rings (SSSR count). The number of hydrogen-bond acceptors (Lipinski definition) is 2. The quantitative estimate of drug-likeness (QED) is 0.350. The summed E-state index contributed by atoms with van der Waals surface area (Å²) in [5, 5.41) is 0. The van der Waals surface area contributed by atoms with Crippen LogP contribution in [-0.2, 0) is 10.1 Å². The van der Waals surface area contributed by atoms with E-state index in [1.165, 1.54) is 0 Å². The molecule has 0 saturated carbocycles. The standard InChI is InChI=1S/CHF3O3S.2K/c2-1(3,4)8(5,6)7;;/h(H,5,6,7);;. The van der Waals surface area contributed by atoms with Crippen LogP contribution in [0.1, 0.15) is 0 Å². The summed E-state index contributed by atoms with van der Waals surface area (Å²) in [7, 11) is -5.84. The van der Waals surface area contributed by atoms with Crippen molar-refractivity contribution in [2.45, 2.75) is 5.51 Å². The second-order valence-electron chi connectivity index (χ2n) is 0.921. The molecular weight excluding hydrogens is 227 g/mol. The van der Waals surface area contributed by atoms with Crippen molar-refractivity contribution in [1.82, 2.24) is 0 Å². The van der Waals surface area contributed by atoms with E-state index >= 15 is 0 Å². The van der Waals surface area contributed by atoms with Gasteiger partial charge in [-0.3, -0.25) is 4.55 Å². The van der Waals surface area contributed by atoms with Crippen molar-refractivity contribution in [3.05, 3.63) is 0 Å². The van der Waals surface area contributed by atoms with Crippen molar-refractivity contribution < 1.29 is 26.1 Å². The summed E-state index contributed by atoms with van der Waals surface area (Å²) in [6.07, 6.45) is 0. The number of alkyl halides is 3. The average Bonchev–Trinajstić information content (AvgIpc) is 1.25. The van der Waals surface area contributed by atoms with Crippen LogP contribution in [0.5, 0.6) is 0 Å². The molecule has 0 bridgehead atoms. The van der Waals surface area contributed by atoms with Crippen LogP contribution in [0.3, 0.4) is 0 Å². The Morgan fingerprint density at radius 1 is 1.10 bits per heavy atom. The third-order valence-electron chi connectivity index (χ3n) is 0.292. The van der Waals surface area contributed by atoms with Gasteiger partial charge in [0.15, 0.2) is 0 Å². The topological polar surface area (TPSA) is 54.4 Å². The van der Waals surface area contributed by atoms with Crippen molar-refractivity contribution in [2.24, 2.45) is 0 Å². The summed E-state index contributed by atoms with van der Waals surface area (Å²) >= 11 is 0. The van der Waals surface area contributed by atoms with Gasteiger partial charge in [0.05, 0.1) is 0 Å².